The maximum atomic E-state index is 4.82. The Bertz CT molecular complexity index is 2030. The molecule has 6 aromatic rings. The van der Waals surface area contributed by atoms with Crippen LogP contribution < -0.4 is 4.90 Å². The van der Waals surface area contributed by atoms with E-state index in [1.165, 1.54) is 55.8 Å². The Morgan fingerprint density at radius 2 is 1.48 bits per heavy atom. The number of aryl methyl sites for hydroxylation is 1. The van der Waals surface area contributed by atoms with Gasteiger partial charge >= 0.3 is 0 Å². The van der Waals surface area contributed by atoms with Crippen molar-refractivity contribution in [1.82, 2.24) is 4.98 Å². The summed E-state index contributed by atoms with van der Waals surface area (Å²) >= 11 is 0. The van der Waals surface area contributed by atoms with E-state index in [0.29, 0.717) is 6.54 Å². The molecule has 0 fully saturated rings. The summed E-state index contributed by atoms with van der Waals surface area (Å²) in [5.74, 6) is 0. The summed E-state index contributed by atoms with van der Waals surface area (Å²) in [7, 11) is 0. The van der Waals surface area contributed by atoms with Gasteiger partial charge in [0, 0.05) is 28.4 Å². The highest BCUT2D eigenvalue weighted by atomic mass is 15.2. The first-order valence-electron chi connectivity index (χ1n) is 14.5. The van der Waals surface area contributed by atoms with Gasteiger partial charge in [0.2, 0.25) is 0 Å². The van der Waals surface area contributed by atoms with Gasteiger partial charge in [0.1, 0.15) is 0 Å². The van der Waals surface area contributed by atoms with Crippen LogP contribution in [0, 0.1) is 0 Å². The topological polar surface area (TPSA) is 28.5 Å². The molecule has 0 saturated carbocycles. The first kappa shape index (κ1) is 24.5. The molecule has 2 heterocycles. The van der Waals surface area contributed by atoms with E-state index in [0.717, 1.165) is 35.1 Å². The minimum atomic E-state index is 0.716. The molecule has 0 saturated heterocycles. The second-order valence-corrected chi connectivity index (χ2v) is 11.0. The Hall–Kier alpha value is -5.28. The molecule has 1 aliphatic carbocycles. The van der Waals surface area contributed by atoms with Crippen molar-refractivity contribution >= 4 is 40.3 Å². The molecule has 3 nitrogen and oxygen atoms in total. The van der Waals surface area contributed by atoms with Crippen LogP contribution in [-0.4, -0.2) is 11.7 Å². The Labute approximate surface area is 246 Å². The van der Waals surface area contributed by atoms with Gasteiger partial charge in [0.25, 0.3) is 0 Å². The lowest BCUT2D eigenvalue weighted by Crippen LogP contribution is -2.22. The number of aromatic nitrogens is 1. The summed E-state index contributed by atoms with van der Waals surface area (Å²) in [6, 6.07) is 41.5. The van der Waals surface area contributed by atoms with Gasteiger partial charge in [-0.3, -0.25) is 9.98 Å². The van der Waals surface area contributed by atoms with Crippen LogP contribution in [0.3, 0.4) is 0 Å². The number of allylic oxidation sites excluding steroid dienone is 1. The van der Waals surface area contributed by atoms with Gasteiger partial charge in [-0.2, -0.15) is 0 Å². The summed E-state index contributed by atoms with van der Waals surface area (Å²) in [5, 5.41) is 1.15. The number of benzene rings is 5. The lowest BCUT2D eigenvalue weighted by atomic mass is 9.86. The van der Waals surface area contributed by atoms with E-state index in [1.54, 1.807) is 0 Å². The predicted octanol–water partition coefficient (Wildman–Crippen LogP) is 9.93. The van der Waals surface area contributed by atoms with Gasteiger partial charge in [-0.05, 0) is 88.8 Å². The smallest absolute Gasteiger partial charge is 0.0859 e. The van der Waals surface area contributed by atoms with Crippen molar-refractivity contribution in [3.8, 4) is 22.3 Å². The van der Waals surface area contributed by atoms with Crippen molar-refractivity contribution in [2.75, 3.05) is 4.90 Å². The van der Waals surface area contributed by atoms with E-state index >= 15 is 0 Å². The van der Waals surface area contributed by atoms with Crippen molar-refractivity contribution in [2.45, 2.75) is 19.4 Å². The van der Waals surface area contributed by atoms with E-state index < -0.39 is 0 Å². The van der Waals surface area contributed by atoms with Crippen LogP contribution in [0.2, 0.25) is 0 Å². The number of para-hydroxylation sites is 2. The average Bonchev–Trinajstić information content (AvgIpc) is 3.07. The highest BCUT2D eigenvalue weighted by Crippen LogP contribution is 2.48. The van der Waals surface area contributed by atoms with Gasteiger partial charge in [0.15, 0.2) is 0 Å². The zero-order valence-corrected chi connectivity index (χ0v) is 23.3. The van der Waals surface area contributed by atoms with Gasteiger partial charge in [-0.1, -0.05) is 91.0 Å². The van der Waals surface area contributed by atoms with Crippen LogP contribution in [0.25, 0.3) is 38.7 Å². The summed E-state index contributed by atoms with van der Waals surface area (Å²) in [4.78, 5) is 11.5. The molecule has 0 amide bonds. The van der Waals surface area contributed by atoms with Crippen LogP contribution in [0.15, 0.2) is 133 Å². The lowest BCUT2D eigenvalue weighted by Gasteiger charge is -2.34. The standard InChI is InChI=1S/C39H29N3/c1-40-36-13-4-5-14-38(36)42-25-35-33(21-19-29-10-7-23-41-39(29)35)34-24-30(20-22-37(34)42)26-15-17-28(18-16-26)32-12-6-9-27-8-2-3-11-31(27)32/h2-5,7-8,10-24H,1,6,9,25H2. The third-order valence-electron chi connectivity index (χ3n) is 8.71. The van der Waals surface area contributed by atoms with Crippen molar-refractivity contribution in [1.29, 1.82) is 0 Å². The van der Waals surface area contributed by atoms with Crippen molar-refractivity contribution in [3.63, 3.8) is 0 Å². The monoisotopic (exact) mass is 539 g/mol. The fourth-order valence-corrected chi connectivity index (χ4v) is 6.67. The minimum Gasteiger partial charge on any atom is -0.335 e. The van der Waals surface area contributed by atoms with E-state index in [4.69, 9.17) is 4.98 Å². The van der Waals surface area contributed by atoms with Crippen molar-refractivity contribution in [2.24, 2.45) is 4.99 Å². The van der Waals surface area contributed by atoms with Crippen LogP contribution in [0.1, 0.15) is 28.7 Å². The van der Waals surface area contributed by atoms with Crippen LogP contribution in [0.5, 0.6) is 0 Å². The average molecular weight is 540 g/mol. The molecule has 0 atom stereocenters. The summed E-state index contributed by atoms with van der Waals surface area (Å²) < 4.78 is 0. The zero-order chi connectivity index (χ0) is 28.0. The zero-order valence-electron chi connectivity index (χ0n) is 23.3. The minimum absolute atomic E-state index is 0.716. The molecule has 1 aromatic heterocycles. The molecule has 0 radical (unpaired) electrons. The van der Waals surface area contributed by atoms with E-state index in [1.807, 2.05) is 24.4 Å². The second kappa shape index (κ2) is 9.97. The molecule has 0 spiro atoms. The lowest BCUT2D eigenvalue weighted by molar-refractivity contribution is 0.966. The van der Waals surface area contributed by atoms with Gasteiger partial charge in [-0.15, -0.1) is 0 Å². The molecule has 0 N–H and O–H groups in total. The van der Waals surface area contributed by atoms with Gasteiger partial charge in [0.05, 0.1) is 23.4 Å². The molecule has 5 aromatic carbocycles. The summed E-state index contributed by atoms with van der Waals surface area (Å²) in [6.07, 6.45) is 6.47. The molecular weight excluding hydrogens is 510 g/mol. The third kappa shape index (κ3) is 3.97. The number of aliphatic imine (C=N–C) groups is 1. The molecule has 8 rings (SSSR count). The van der Waals surface area contributed by atoms with Crippen LogP contribution in [0.4, 0.5) is 17.1 Å². The fourth-order valence-electron chi connectivity index (χ4n) is 6.67. The van der Waals surface area contributed by atoms with E-state index in [-0.39, 0.29) is 0 Å². The number of fused-ring (bicyclic) bond motifs is 6. The molecular formula is C39H29N3. The molecule has 0 unspecified atom stereocenters. The van der Waals surface area contributed by atoms with Crippen molar-refractivity contribution in [3.05, 3.63) is 150 Å². The maximum absolute atomic E-state index is 4.82. The third-order valence-corrected chi connectivity index (χ3v) is 8.71. The van der Waals surface area contributed by atoms with Gasteiger partial charge in [-0.25, -0.2) is 0 Å². The largest absolute Gasteiger partial charge is 0.335 e. The second-order valence-electron chi connectivity index (χ2n) is 11.0. The molecule has 0 bridgehead atoms. The Morgan fingerprint density at radius 1 is 0.667 bits per heavy atom. The number of hydrogen-bond donors (Lipinski definition) is 0. The van der Waals surface area contributed by atoms with E-state index in [9.17, 15) is 0 Å². The summed E-state index contributed by atoms with van der Waals surface area (Å²) in [6.45, 7) is 4.57. The normalized spacial score (nSPS) is 13.6. The first-order chi connectivity index (χ1) is 20.8. The van der Waals surface area contributed by atoms with Crippen LogP contribution >= 0.6 is 0 Å². The molecule has 3 heteroatoms. The molecule has 42 heavy (non-hydrogen) atoms. The first-order valence-corrected chi connectivity index (χ1v) is 14.5. The Kier molecular flexibility index (Phi) is 5.82. The number of anilines is 2. The Balaban J connectivity index is 1.25. The highest BCUT2D eigenvalue weighted by molar-refractivity contribution is 5.98. The summed E-state index contributed by atoms with van der Waals surface area (Å²) in [5.41, 5.74) is 15.6. The fraction of sp³-hybridized carbons (Fsp3) is 0.0769. The number of rotatable bonds is 4. The number of nitrogens with zero attached hydrogens (tertiary/aromatic N) is 3. The van der Waals surface area contributed by atoms with Crippen LogP contribution in [-0.2, 0) is 13.0 Å². The highest BCUT2D eigenvalue weighted by Gasteiger charge is 2.27. The number of pyridine rings is 1. The SMILES string of the molecule is C=Nc1ccccc1N1Cc2c(ccc3cccnc23)-c2cc(-c3ccc(C4=CCCc5ccccc54)cc3)ccc21. The Morgan fingerprint density at radius 3 is 2.38 bits per heavy atom. The van der Waals surface area contributed by atoms with Gasteiger partial charge < -0.3 is 4.90 Å². The molecule has 200 valence electrons. The van der Waals surface area contributed by atoms with Crippen molar-refractivity contribution < 1.29 is 0 Å². The molecule has 1 aliphatic heterocycles. The quantitative estimate of drug-likeness (QED) is 0.209. The van der Waals surface area contributed by atoms with E-state index in [2.05, 4.69) is 120 Å². The maximum Gasteiger partial charge on any atom is 0.0859 e. The predicted molar refractivity (Wildman–Crippen MR) is 176 cm³/mol. The molecule has 2 aliphatic rings. The number of hydrogen-bond acceptors (Lipinski definition) is 3.